The van der Waals surface area contributed by atoms with E-state index in [1.807, 2.05) is 23.7 Å². The highest BCUT2D eigenvalue weighted by atomic mass is 35.5. The maximum Gasteiger partial charge on any atom is 0.226 e. The maximum absolute atomic E-state index is 13.2. The number of nitrogens with zero attached hydrogens (tertiary/aromatic N) is 5. The number of likely N-dealkylation sites (tertiary alicyclic amines) is 1. The molecule has 2 saturated heterocycles. The first kappa shape index (κ1) is 19.3. The molecule has 2 aromatic heterocycles. The zero-order chi connectivity index (χ0) is 20.9. The molecule has 2 bridgehead atoms. The Morgan fingerprint density at radius 2 is 1.84 bits per heavy atom. The number of anilines is 1. The van der Waals surface area contributed by atoms with Crippen LogP contribution in [0.15, 0.2) is 36.1 Å². The van der Waals surface area contributed by atoms with E-state index in [1.54, 1.807) is 23.7 Å². The van der Waals surface area contributed by atoms with Crippen molar-refractivity contribution in [3.05, 3.63) is 41.1 Å². The molecule has 6 rings (SSSR count). The molecule has 0 N–H and O–H groups in total. The predicted octanol–water partition coefficient (Wildman–Crippen LogP) is 3.78. The Balaban J connectivity index is 1.07. The van der Waals surface area contributed by atoms with E-state index in [9.17, 15) is 4.79 Å². The Morgan fingerprint density at radius 3 is 2.58 bits per heavy atom. The summed E-state index contributed by atoms with van der Waals surface area (Å²) in [7, 11) is 0. The first-order valence-electron chi connectivity index (χ1n) is 10.7. The van der Waals surface area contributed by atoms with Crippen LogP contribution in [0.5, 0.6) is 5.75 Å². The number of rotatable bonds is 4. The van der Waals surface area contributed by atoms with Gasteiger partial charge in [0.15, 0.2) is 0 Å². The number of piperazine rings is 1. The van der Waals surface area contributed by atoms with Crippen LogP contribution in [0, 0.1) is 5.92 Å². The summed E-state index contributed by atoms with van der Waals surface area (Å²) in [6.07, 6.45) is 7.07. The number of carbonyl (C=O) groups excluding carboxylic acids is 1. The van der Waals surface area contributed by atoms with Crippen molar-refractivity contribution < 1.29 is 9.53 Å². The lowest BCUT2D eigenvalue weighted by atomic mass is 9.81. The molecule has 31 heavy (non-hydrogen) atoms. The van der Waals surface area contributed by atoms with Gasteiger partial charge in [0.1, 0.15) is 11.9 Å². The molecular formula is C22H22ClN5O2S. The summed E-state index contributed by atoms with van der Waals surface area (Å²) in [6.45, 7) is 1.48. The van der Waals surface area contributed by atoms with Gasteiger partial charge in [-0.1, -0.05) is 17.7 Å². The van der Waals surface area contributed by atoms with E-state index in [-0.39, 0.29) is 30.0 Å². The van der Waals surface area contributed by atoms with Crippen molar-refractivity contribution in [1.82, 2.24) is 19.9 Å². The van der Waals surface area contributed by atoms with Gasteiger partial charge >= 0.3 is 0 Å². The third kappa shape index (κ3) is 3.42. The van der Waals surface area contributed by atoms with Gasteiger partial charge < -0.3 is 14.5 Å². The highest BCUT2D eigenvalue weighted by Crippen LogP contribution is 2.39. The molecule has 0 radical (unpaired) electrons. The maximum atomic E-state index is 13.2. The fourth-order valence-electron chi connectivity index (χ4n) is 5.10. The largest absolute Gasteiger partial charge is 0.489 e. The topological polar surface area (TPSA) is 71.5 Å². The molecular weight excluding hydrogens is 434 g/mol. The highest BCUT2D eigenvalue weighted by Gasteiger charge is 2.46. The molecule has 9 heteroatoms. The van der Waals surface area contributed by atoms with Crippen LogP contribution in [0.25, 0.3) is 10.2 Å². The second kappa shape index (κ2) is 7.60. The summed E-state index contributed by atoms with van der Waals surface area (Å²) in [4.78, 5) is 30.6. The van der Waals surface area contributed by atoms with Gasteiger partial charge in [0.25, 0.3) is 0 Å². The van der Waals surface area contributed by atoms with E-state index in [2.05, 4.69) is 24.8 Å². The molecule has 2 atom stereocenters. The number of aromatic nitrogens is 3. The van der Waals surface area contributed by atoms with E-state index in [0.29, 0.717) is 5.02 Å². The summed E-state index contributed by atoms with van der Waals surface area (Å²) in [5, 5.41) is 0.540. The Labute approximate surface area is 189 Å². The highest BCUT2D eigenvalue weighted by molar-refractivity contribution is 7.17. The van der Waals surface area contributed by atoms with E-state index in [0.717, 1.165) is 60.7 Å². The second-order valence-electron chi connectivity index (χ2n) is 8.60. The number of amides is 1. The monoisotopic (exact) mass is 455 g/mol. The average Bonchev–Trinajstić information content (AvgIpc) is 3.33. The van der Waals surface area contributed by atoms with Crippen molar-refractivity contribution in [3.63, 3.8) is 0 Å². The quantitative estimate of drug-likeness (QED) is 0.596. The molecule has 4 heterocycles. The molecule has 160 valence electrons. The van der Waals surface area contributed by atoms with Crippen molar-refractivity contribution in [2.45, 2.75) is 43.9 Å². The fourth-order valence-corrected chi connectivity index (χ4v) is 5.95. The van der Waals surface area contributed by atoms with Gasteiger partial charge in [0.2, 0.25) is 11.9 Å². The van der Waals surface area contributed by atoms with E-state index >= 15 is 0 Å². The van der Waals surface area contributed by atoms with Gasteiger partial charge in [-0.3, -0.25) is 4.79 Å². The Hall–Kier alpha value is -2.45. The van der Waals surface area contributed by atoms with Crippen LogP contribution in [0.4, 0.5) is 5.95 Å². The molecule has 0 unspecified atom stereocenters. The summed E-state index contributed by atoms with van der Waals surface area (Å²) in [5.41, 5.74) is 2.81. The minimum Gasteiger partial charge on any atom is -0.489 e. The van der Waals surface area contributed by atoms with Gasteiger partial charge in [-0.15, -0.1) is 11.3 Å². The Kier molecular flexibility index (Phi) is 4.72. The van der Waals surface area contributed by atoms with Gasteiger partial charge in [-0.2, -0.15) is 0 Å². The molecule has 7 nitrogen and oxygen atoms in total. The number of carbonyl (C=O) groups is 1. The number of benzene rings is 1. The molecule has 0 spiro atoms. The smallest absolute Gasteiger partial charge is 0.226 e. The molecule has 3 fully saturated rings. The molecule has 1 amide bonds. The molecule has 1 aromatic carbocycles. The molecule has 1 aliphatic carbocycles. The van der Waals surface area contributed by atoms with Crippen molar-refractivity contribution >= 4 is 45.0 Å². The molecule has 3 aromatic rings. The van der Waals surface area contributed by atoms with Crippen molar-refractivity contribution in [2.75, 3.05) is 18.0 Å². The Bertz CT molecular complexity index is 1100. The zero-order valence-corrected chi connectivity index (χ0v) is 18.4. The summed E-state index contributed by atoms with van der Waals surface area (Å²) < 4.78 is 7.27. The number of halogens is 1. The lowest BCUT2D eigenvalue weighted by molar-refractivity contribution is -0.142. The van der Waals surface area contributed by atoms with Gasteiger partial charge in [-0.25, -0.2) is 15.0 Å². The minimum absolute atomic E-state index is 0.0587. The van der Waals surface area contributed by atoms with Crippen LogP contribution in [-0.2, 0) is 4.79 Å². The first-order chi connectivity index (χ1) is 15.2. The lowest BCUT2D eigenvalue weighted by Gasteiger charge is -2.44. The molecule has 3 aliphatic rings. The summed E-state index contributed by atoms with van der Waals surface area (Å²) in [5.74, 6) is 1.93. The number of hydrogen-bond acceptors (Lipinski definition) is 7. The SMILES string of the molecule is O=C(C1CC(Oc2cccc3ncsc23)C1)N1C[C@H]2CC[C@@H](C1)N2c1ncc(Cl)cn1. The third-order valence-electron chi connectivity index (χ3n) is 6.69. The van der Waals surface area contributed by atoms with Crippen molar-refractivity contribution in [3.8, 4) is 5.75 Å². The number of thiazole rings is 1. The van der Waals surface area contributed by atoms with Crippen LogP contribution in [-0.4, -0.2) is 57.0 Å². The summed E-state index contributed by atoms with van der Waals surface area (Å²) >= 11 is 7.53. The average molecular weight is 456 g/mol. The van der Waals surface area contributed by atoms with Crippen LogP contribution in [0.1, 0.15) is 25.7 Å². The predicted molar refractivity (Wildman–Crippen MR) is 120 cm³/mol. The van der Waals surface area contributed by atoms with Crippen LogP contribution in [0.2, 0.25) is 5.02 Å². The minimum atomic E-state index is 0.0587. The molecule has 2 aliphatic heterocycles. The fraction of sp³-hybridized carbons (Fsp3) is 0.455. The van der Waals surface area contributed by atoms with E-state index < -0.39 is 0 Å². The van der Waals surface area contributed by atoms with Crippen molar-refractivity contribution in [1.29, 1.82) is 0 Å². The normalized spacial score (nSPS) is 27.4. The lowest BCUT2D eigenvalue weighted by Crippen LogP contribution is -2.58. The third-order valence-corrected chi connectivity index (χ3v) is 7.74. The van der Waals surface area contributed by atoms with Gasteiger partial charge in [0, 0.05) is 31.1 Å². The number of fused-ring (bicyclic) bond motifs is 3. The first-order valence-corrected chi connectivity index (χ1v) is 11.9. The number of hydrogen-bond donors (Lipinski definition) is 0. The van der Waals surface area contributed by atoms with Crippen LogP contribution >= 0.6 is 22.9 Å². The second-order valence-corrected chi connectivity index (χ2v) is 9.89. The zero-order valence-electron chi connectivity index (χ0n) is 16.9. The summed E-state index contributed by atoms with van der Waals surface area (Å²) in [6, 6.07) is 6.51. The van der Waals surface area contributed by atoms with Gasteiger partial charge in [-0.05, 0) is 37.8 Å². The Morgan fingerprint density at radius 1 is 1.10 bits per heavy atom. The van der Waals surface area contributed by atoms with Crippen LogP contribution < -0.4 is 9.64 Å². The standard InChI is InChI=1S/C22H22ClN5O2S/c23-14-8-24-22(25-9-14)28-15-4-5-16(28)11-27(10-15)21(29)13-6-17(7-13)30-19-3-1-2-18-20(19)31-12-26-18/h1-3,8-9,12-13,15-17H,4-7,10-11H2/t13?,15-,16+,17?. The van der Waals surface area contributed by atoms with Gasteiger partial charge in [0.05, 0.1) is 33.1 Å². The number of ether oxygens (including phenoxy) is 1. The van der Waals surface area contributed by atoms with E-state index in [1.165, 1.54) is 0 Å². The van der Waals surface area contributed by atoms with Crippen LogP contribution in [0.3, 0.4) is 0 Å². The molecule has 1 saturated carbocycles. The van der Waals surface area contributed by atoms with E-state index in [4.69, 9.17) is 16.3 Å². The van der Waals surface area contributed by atoms with Crippen molar-refractivity contribution in [2.24, 2.45) is 5.92 Å².